The SMILES string of the molecule is COc1cnccc1C(=O)Nc1ncccc1C(=O)O. The van der Waals surface area contributed by atoms with Gasteiger partial charge in [0.25, 0.3) is 5.91 Å². The minimum atomic E-state index is -1.17. The molecule has 0 saturated carbocycles. The number of hydrogen-bond acceptors (Lipinski definition) is 5. The van der Waals surface area contributed by atoms with Crippen LogP contribution in [-0.4, -0.2) is 34.1 Å². The first-order valence-corrected chi connectivity index (χ1v) is 5.61. The summed E-state index contributed by atoms with van der Waals surface area (Å²) in [6, 6.07) is 4.30. The Labute approximate surface area is 114 Å². The zero-order chi connectivity index (χ0) is 14.5. The Bertz CT molecular complexity index is 658. The zero-order valence-electron chi connectivity index (χ0n) is 10.5. The molecule has 20 heavy (non-hydrogen) atoms. The summed E-state index contributed by atoms with van der Waals surface area (Å²) in [6.07, 6.45) is 4.23. The number of amides is 1. The third-order valence-corrected chi connectivity index (χ3v) is 2.52. The van der Waals surface area contributed by atoms with E-state index in [0.717, 1.165) is 0 Å². The van der Waals surface area contributed by atoms with E-state index in [0.29, 0.717) is 0 Å². The molecule has 0 aromatic carbocycles. The third-order valence-electron chi connectivity index (χ3n) is 2.52. The highest BCUT2D eigenvalue weighted by atomic mass is 16.5. The second-order valence-electron chi connectivity index (χ2n) is 3.73. The molecule has 0 aliphatic heterocycles. The lowest BCUT2D eigenvalue weighted by atomic mass is 10.2. The molecule has 2 rings (SSSR count). The van der Waals surface area contributed by atoms with Crippen LogP contribution >= 0.6 is 0 Å². The van der Waals surface area contributed by atoms with Gasteiger partial charge in [0.05, 0.1) is 18.9 Å². The topological polar surface area (TPSA) is 101 Å². The Morgan fingerprint density at radius 2 is 2.05 bits per heavy atom. The number of hydrogen-bond donors (Lipinski definition) is 2. The molecule has 0 spiro atoms. The lowest BCUT2D eigenvalue weighted by Gasteiger charge is -2.09. The fraction of sp³-hybridized carbons (Fsp3) is 0.0769. The molecule has 0 bridgehead atoms. The number of carboxylic acid groups (broad SMARTS) is 1. The number of rotatable bonds is 4. The Morgan fingerprint density at radius 3 is 2.75 bits per heavy atom. The van der Waals surface area contributed by atoms with Crippen molar-refractivity contribution in [2.24, 2.45) is 0 Å². The van der Waals surface area contributed by atoms with Crippen LogP contribution in [0, 0.1) is 0 Å². The van der Waals surface area contributed by atoms with E-state index in [2.05, 4.69) is 15.3 Å². The van der Waals surface area contributed by atoms with E-state index in [-0.39, 0.29) is 22.7 Å². The highest BCUT2D eigenvalue weighted by molar-refractivity contribution is 6.08. The molecule has 0 unspecified atom stereocenters. The lowest BCUT2D eigenvalue weighted by molar-refractivity contribution is 0.0697. The Hall–Kier alpha value is -2.96. The second kappa shape index (κ2) is 5.79. The monoisotopic (exact) mass is 273 g/mol. The van der Waals surface area contributed by atoms with Crippen molar-refractivity contribution < 1.29 is 19.4 Å². The summed E-state index contributed by atoms with van der Waals surface area (Å²) in [6.45, 7) is 0. The summed E-state index contributed by atoms with van der Waals surface area (Å²) in [7, 11) is 1.41. The smallest absolute Gasteiger partial charge is 0.339 e. The molecule has 0 saturated heterocycles. The number of aromatic carboxylic acids is 1. The summed E-state index contributed by atoms with van der Waals surface area (Å²) in [4.78, 5) is 30.8. The second-order valence-corrected chi connectivity index (χ2v) is 3.73. The number of nitrogens with zero attached hydrogens (tertiary/aromatic N) is 2. The first-order chi connectivity index (χ1) is 9.63. The molecular weight excluding hydrogens is 262 g/mol. The van der Waals surface area contributed by atoms with Gasteiger partial charge in [0.15, 0.2) is 0 Å². The quantitative estimate of drug-likeness (QED) is 0.873. The van der Waals surface area contributed by atoms with E-state index in [4.69, 9.17) is 9.84 Å². The molecule has 2 heterocycles. The van der Waals surface area contributed by atoms with E-state index in [1.165, 1.54) is 43.9 Å². The Balaban J connectivity index is 2.31. The standard InChI is InChI=1S/C13H11N3O4/c1-20-10-7-14-6-4-8(10)12(17)16-11-9(13(18)19)3-2-5-15-11/h2-7H,1H3,(H,18,19)(H,15,16,17). The third kappa shape index (κ3) is 2.72. The van der Waals surface area contributed by atoms with Crippen molar-refractivity contribution in [2.75, 3.05) is 12.4 Å². The summed E-state index contributed by atoms with van der Waals surface area (Å²) in [5.41, 5.74) is 0.151. The van der Waals surface area contributed by atoms with Gasteiger partial charge in [-0.05, 0) is 18.2 Å². The van der Waals surface area contributed by atoms with E-state index >= 15 is 0 Å². The van der Waals surface area contributed by atoms with Gasteiger partial charge >= 0.3 is 5.97 Å². The Kier molecular flexibility index (Phi) is 3.90. The summed E-state index contributed by atoms with van der Waals surface area (Å²) in [5, 5.41) is 11.5. The van der Waals surface area contributed by atoms with E-state index in [1.807, 2.05) is 0 Å². The van der Waals surface area contributed by atoms with Gasteiger partial charge in [0, 0.05) is 12.4 Å². The van der Waals surface area contributed by atoms with Crippen LogP contribution in [0.1, 0.15) is 20.7 Å². The number of carbonyl (C=O) groups excluding carboxylic acids is 1. The van der Waals surface area contributed by atoms with Gasteiger partial charge in [-0.1, -0.05) is 0 Å². The maximum atomic E-state index is 12.1. The van der Waals surface area contributed by atoms with Crippen LogP contribution < -0.4 is 10.1 Å². The van der Waals surface area contributed by atoms with Crippen molar-refractivity contribution in [3.63, 3.8) is 0 Å². The predicted octanol–water partition coefficient (Wildman–Crippen LogP) is 1.44. The molecule has 0 aliphatic rings. The molecule has 0 fully saturated rings. The Morgan fingerprint density at radius 1 is 1.25 bits per heavy atom. The van der Waals surface area contributed by atoms with Crippen LogP contribution in [0.4, 0.5) is 5.82 Å². The van der Waals surface area contributed by atoms with Gasteiger partial charge in [0.2, 0.25) is 0 Å². The van der Waals surface area contributed by atoms with Crippen LogP contribution in [0.25, 0.3) is 0 Å². The van der Waals surface area contributed by atoms with Crippen LogP contribution in [-0.2, 0) is 0 Å². The zero-order valence-corrected chi connectivity index (χ0v) is 10.5. The predicted molar refractivity (Wildman–Crippen MR) is 69.9 cm³/mol. The first kappa shape index (κ1) is 13.5. The number of nitrogens with one attached hydrogen (secondary N) is 1. The molecule has 0 aliphatic carbocycles. The largest absolute Gasteiger partial charge is 0.494 e. The molecule has 0 atom stereocenters. The van der Waals surface area contributed by atoms with Gasteiger partial charge in [-0.2, -0.15) is 0 Å². The highest BCUT2D eigenvalue weighted by Crippen LogP contribution is 2.18. The fourth-order valence-corrected chi connectivity index (χ4v) is 1.58. The molecule has 2 aromatic heterocycles. The van der Waals surface area contributed by atoms with Crippen molar-refractivity contribution in [1.82, 2.24) is 9.97 Å². The molecule has 102 valence electrons. The van der Waals surface area contributed by atoms with Crippen molar-refractivity contribution in [1.29, 1.82) is 0 Å². The van der Waals surface area contributed by atoms with Crippen molar-refractivity contribution >= 4 is 17.7 Å². The van der Waals surface area contributed by atoms with Gasteiger partial charge in [-0.3, -0.25) is 9.78 Å². The number of methoxy groups -OCH3 is 1. The van der Waals surface area contributed by atoms with Crippen molar-refractivity contribution in [3.8, 4) is 5.75 Å². The summed E-state index contributed by atoms with van der Waals surface area (Å²) < 4.78 is 5.02. The normalized spacial score (nSPS) is 9.85. The highest BCUT2D eigenvalue weighted by Gasteiger charge is 2.16. The number of ether oxygens (including phenoxy) is 1. The fourth-order valence-electron chi connectivity index (χ4n) is 1.58. The van der Waals surface area contributed by atoms with Crippen LogP contribution in [0.3, 0.4) is 0 Å². The molecule has 0 radical (unpaired) electrons. The molecule has 2 N–H and O–H groups in total. The number of carboxylic acids is 1. The van der Waals surface area contributed by atoms with Crippen molar-refractivity contribution in [2.45, 2.75) is 0 Å². The van der Waals surface area contributed by atoms with Gasteiger partial charge in [-0.15, -0.1) is 0 Å². The van der Waals surface area contributed by atoms with Gasteiger partial charge in [0.1, 0.15) is 17.1 Å². The van der Waals surface area contributed by atoms with Crippen LogP contribution in [0.2, 0.25) is 0 Å². The van der Waals surface area contributed by atoms with E-state index in [1.54, 1.807) is 0 Å². The molecule has 1 amide bonds. The summed E-state index contributed by atoms with van der Waals surface area (Å²) >= 11 is 0. The van der Waals surface area contributed by atoms with Gasteiger partial charge < -0.3 is 15.2 Å². The minimum Gasteiger partial charge on any atom is -0.494 e. The summed E-state index contributed by atoms with van der Waals surface area (Å²) in [5.74, 6) is -1.43. The van der Waals surface area contributed by atoms with Crippen LogP contribution in [0.5, 0.6) is 5.75 Å². The average Bonchev–Trinajstić information content (AvgIpc) is 2.47. The molecule has 2 aromatic rings. The number of carbonyl (C=O) groups is 2. The lowest BCUT2D eigenvalue weighted by Crippen LogP contribution is -2.17. The van der Waals surface area contributed by atoms with Crippen LogP contribution in [0.15, 0.2) is 36.8 Å². The molecule has 7 heteroatoms. The number of anilines is 1. The van der Waals surface area contributed by atoms with E-state index < -0.39 is 11.9 Å². The first-order valence-electron chi connectivity index (χ1n) is 5.61. The number of pyridine rings is 2. The molecular formula is C13H11N3O4. The van der Waals surface area contributed by atoms with E-state index in [9.17, 15) is 9.59 Å². The maximum Gasteiger partial charge on any atom is 0.339 e. The number of aromatic nitrogens is 2. The minimum absolute atomic E-state index is 0.0242. The maximum absolute atomic E-state index is 12.1. The van der Waals surface area contributed by atoms with Gasteiger partial charge in [-0.25, -0.2) is 9.78 Å². The van der Waals surface area contributed by atoms with Crippen molar-refractivity contribution in [3.05, 3.63) is 47.9 Å². The average molecular weight is 273 g/mol. The molecule has 7 nitrogen and oxygen atoms in total.